The number of rotatable bonds is 1. The van der Waals surface area contributed by atoms with Gasteiger partial charge in [-0.05, 0) is 85.9 Å². The summed E-state index contributed by atoms with van der Waals surface area (Å²) in [5.41, 5.74) is -0.0564. The Kier molecular flexibility index (Phi) is 3.65. The third-order valence-corrected chi connectivity index (χ3v) is 10.2. The van der Waals surface area contributed by atoms with E-state index in [1.54, 1.807) is 0 Å². The van der Waals surface area contributed by atoms with E-state index in [9.17, 15) is 10.2 Å². The summed E-state index contributed by atoms with van der Waals surface area (Å²) >= 11 is 3.98. The summed E-state index contributed by atoms with van der Waals surface area (Å²) in [5, 5.41) is 22.0. The average molecular weight is 385 g/mol. The van der Waals surface area contributed by atoms with Gasteiger partial charge in [0, 0.05) is 4.83 Å². The highest BCUT2D eigenvalue weighted by atomic mass is 79.9. The Labute approximate surface area is 149 Å². The summed E-state index contributed by atoms with van der Waals surface area (Å²) in [6.45, 7) is 9.21. The Hall–Kier alpha value is 0.400. The number of halogens is 1. The van der Waals surface area contributed by atoms with Gasteiger partial charge in [-0.1, -0.05) is 36.7 Å². The van der Waals surface area contributed by atoms with Gasteiger partial charge in [-0.25, -0.2) is 0 Å². The Morgan fingerprint density at radius 2 is 1.83 bits per heavy atom. The maximum Gasteiger partial charge on any atom is 0.0656 e. The lowest BCUT2D eigenvalue weighted by atomic mass is 9.44. The van der Waals surface area contributed by atoms with E-state index in [0.29, 0.717) is 34.4 Å². The van der Waals surface area contributed by atoms with Gasteiger partial charge in [0.05, 0.1) is 11.7 Å². The highest BCUT2D eigenvalue weighted by Gasteiger charge is 2.71. The molecule has 0 aromatic rings. The lowest BCUT2D eigenvalue weighted by Gasteiger charge is -2.63. The zero-order chi connectivity index (χ0) is 16.8. The molecule has 0 aromatic heterocycles. The molecular formula is C20H33BrO2. The summed E-state index contributed by atoms with van der Waals surface area (Å²) in [6, 6.07) is 0. The SMILES string of the molecule is CC(C)[C@@H]1[C@H]2C[C@H]3[C@H]4[C@](C)(CC[C@]13CC2O)[C@@H](Br)CC[C@@]4(C)O. The third-order valence-electron chi connectivity index (χ3n) is 8.72. The summed E-state index contributed by atoms with van der Waals surface area (Å²) in [7, 11) is 0. The van der Waals surface area contributed by atoms with Gasteiger partial charge >= 0.3 is 0 Å². The van der Waals surface area contributed by atoms with E-state index in [2.05, 4.69) is 43.6 Å². The van der Waals surface area contributed by atoms with Crippen LogP contribution >= 0.6 is 15.9 Å². The molecule has 1 spiro atoms. The van der Waals surface area contributed by atoms with Crippen LogP contribution in [0.4, 0.5) is 0 Å². The number of hydrogen-bond acceptors (Lipinski definition) is 2. The second-order valence-corrected chi connectivity index (χ2v) is 11.2. The molecule has 1 unspecified atom stereocenters. The van der Waals surface area contributed by atoms with Gasteiger partial charge in [-0.15, -0.1) is 0 Å². The van der Waals surface area contributed by atoms with Crippen LogP contribution in [-0.4, -0.2) is 26.7 Å². The average Bonchev–Trinajstić information content (AvgIpc) is 2.91. The number of aliphatic hydroxyl groups is 2. The lowest BCUT2D eigenvalue weighted by molar-refractivity contribution is -0.178. The van der Waals surface area contributed by atoms with Gasteiger partial charge in [0.2, 0.25) is 0 Å². The predicted octanol–water partition coefficient (Wildman–Crippen LogP) is 4.37. The highest BCUT2D eigenvalue weighted by Crippen LogP contribution is 2.75. The normalized spacial score (nSPS) is 61.6. The number of aliphatic hydroxyl groups excluding tert-OH is 1. The molecule has 4 fully saturated rings. The fourth-order valence-electron chi connectivity index (χ4n) is 8.17. The second kappa shape index (κ2) is 4.98. The topological polar surface area (TPSA) is 40.5 Å². The minimum Gasteiger partial charge on any atom is -0.393 e. The van der Waals surface area contributed by atoms with Gasteiger partial charge in [-0.3, -0.25) is 0 Å². The van der Waals surface area contributed by atoms with Gasteiger partial charge < -0.3 is 10.2 Å². The minimum absolute atomic E-state index is 0.101. The van der Waals surface area contributed by atoms with E-state index in [-0.39, 0.29) is 16.9 Å². The molecule has 2 nitrogen and oxygen atoms in total. The summed E-state index contributed by atoms with van der Waals surface area (Å²) in [6.07, 6.45) is 6.47. The van der Waals surface area contributed by atoms with Crippen LogP contribution in [0.5, 0.6) is 0 Å². The van der Waals surface area contributed by atoms with Crippen molar-refractivity contribution in [1.82, 2.24) is 0 Å². The highest BCUT2D eigenvalue weighted by molar-refractivity contribution is 9.09. The minimum atomic E-state index is -0.548. The van der Waals surface area contributed by atoms with E-state index in [4.69, 9.17) is 0 Å². The fourth-order valence-corrected chi connectivity index (χ4v) is 8.91. The molecule has 0 heterocycles. The molecule has 132 valence electrons. The van der Waals surface area contributed by atoms with Crippen LogP contribution < -0.4 is 0 Å². The van der Waals surface area contributed by atoms with Crippen molar-refractivity contribution in [2.75, 3.05) is 0 Å². The first-order chi connectivity index (χ1) is 10.6. The molecule has 9 atom stereocenters. The predicted molar refractivity (Wildman–Crippen MR) is 96.4 cm³/mol. The zero-order valence-electron chi connectivity index (χ0n) is 15.1. The standard InChI is InChI=1S/C20H33BrO2/c1-11(2)16-12-9-13-17-18(3,15(21)5-6-19(17,4)23)7-8-20(13,16)10-14(12)22/h11-17,22-23H,5-10H2,1-4H3/t12-,13-,14?,15-,16+,17-,18+,19+,20+/m0/s1. The maximum absolute atomic E-state index is 11.3. The van der Waals surface area contributed by atoms with Crippen LogP contribution in [0.3, 0.4) is 0 Å². The van der Waals surface area contributed by atoms with Crippen molar-refractivity contribution in [1.29, 1.82) is 0 Å². The molecule has 0 aromatic carbocycles. The Morgan fingerprint density at radius 3 is 2.48 bits per heavy atom. The summed E-state index contributed by atoms with van der Waals surface area (Å²) in [4.78, 5) is 0.527. The Morgan fingerprint density at radius 1 is 1.13 bits per heavy atom. The van der Waals surface area contributed by atoms with Crippen LogP contribution in [0, 0.1) is 40.4 Å². The smallest absolute Gasteiger partial charge is 0.0656 e. The Balaban J connectivity index is 1.79. The molecule has 0 aliphatic heterocycles. The monoisotopic (exact) mass is 384 g/mol. The zero-order valence-corrected chi connectivity index (χ0v) is 16.6. The largest absolute Gasteiger partial charge is 0.393 e. The molecule has 4 aliphatic rings. The lowest BCUT2D eigenvalue weighted by Crippen LogP contribution is -2.62. The van der Waals surface area contributed by atoms with Crippen molar-refractivity contribution >= 4 is 15.9 Å². The van der Waals surface area contributed by atoms with E-state index in [1.165, 1.54) is 12.8 Å². The molecule has 2 N–H and O–H groups in total. The van der Waals surface area contributed by atoms with Crippen LogP contribution in [0.1, 0.15) is 66.2 Å². The van der Waals surface area contributed by atoms with Crippen molar-refractivity contribution in [2.24, 2.45) is 40.4 Å². The van der Waals surface area contributed by atoms with Crippen molar-refractivity contribution in [3.05, 3.63) is 0 Å². The third kappa shape index (κ3) is 1.99. The van der Waals surface area contributed by atoms with Gasteiger partial charge in [0.15, 0.2) is 0 Å². The summed E-state index contributed by atoms with van der Waals surface area (Å²) < 4.78 is 0. The van der Waals surface area contributed by atoms with E-state index in [1.807, 2.05) is 0 Å². The molecule has 4 aliphatic carbocycles. The molecule has 0 saturated heterocycles. The molecule has 3 heteroatoms. The molecule has 0 amide bonds. The van der Waals surface area contributed by atoms with Crippen molar-refractivity contribution in [3.8, 4) is 0 Å². The van der Waals surface area contributed by atoms with Crippen molar-refractivity contribution < 1.29 is 10.2 Å². The van der Waals surface area contributed by atoms with Crippen LogP contribution in [0.25, 0.3) is 0 Å². The van der Waals surface area contributed by atoms with Crippen LogP contribution in [0.2, 0.25) is 0 Å². The van der Waals surface area contributed by atoms with Gasteiger partial charge in [-0.2, -0.15) is 0 Å². The van der Waals surface area contributed by atoms with Crippen LogP contribution in [0.15, 0.2) is 0 Å². The molecule has 23 heavy (non-hydrogen) atoms. The molecule has 2 bridgehead atoms. The first kappa shape index (κ1) is 16.8. The van der Waals surface area contributed by atoms with Gasteiger partial charge in [0.25, 0.3) is 0 Å². The molecule has 4 rings (SSSR count). The first-order valence-electron chi connectivity index (χ1n) is 9.68. The fraction of sp³-hybridized carbons (Fsp3) is 1.00. The first-order valence-corrected chi connectivity index (χ1v) is 10.6. The van der Waals surface area contributed by atoms with E-state index < -0.39 is 5.60 Å². The number of hydrogen-bond donors (Lipinski definition) is 2. The van der Waals surface area contributed by atoms with Crippen LogP contribution in [-0.2, 0) is 0 Å². The summed E-state index contributed by atoms with van der Waals surface area (Å²) in [5.74, 6) is 2.73. The molecular weight excluding hydrogens is 352 g/mol. The molecule has 0 radical (unpaired) electrons. The Bertz CT molecular complexity index is 504. The molecule has 4 saturated carbocycles. The quantitative estimate of drug-likeness (QED) is 0.658. The van der Waals surface area contributed by atoms with E-state index >= 15 is 0 Å². The van der Waals surface area contributed by atoms with Crippen molar-refractivity contribution in [3.63, 3.8) is 0 Å². The maximum atomic E-state index is 11.3. The van der Waals surface area contributed by atoms with E-state index in [0.717, 1.165) is 25.7 Å². The number of fused-ring (bicyclic) bond motifs is 3. The van der Waals surface area contributed by atoms with Crippen molar-refractivity contribution in [2.45, 2.75) is 82.8 Å². The second-order valence-electron chi connectivity index (χ2n) is 10.1. The van der Waals surface area contributed by atoms with Gasteiger partial charge in [0.1, 0.15) is 0 Å². The number of alkyl halides is 1.